The van der Waals surface area contributed by atoms with E-state index in [1.165, 1.54) is 11.3 Å². The van der Waals surface area contributed by atoms with Crippen LogP contribution in [0.25, 0.3) is 0 Å². The summed E-state index contributed by atoms with van der Waals surface area (Å²) in [7, 11) is 0. The first-order valence-corrected chi connectivity index (χ1v) is 6.02. The third kappa shape index (κ3) is 1.54. The predicted octanol–water partition coefficient (Wildman–Crippen LogP) is 2.96. The predicted molar refractivity (Wildman–Crippen MR) is 70.8 cm³/mol. The van der Waals surface area contributed by atoms with Gasteiger partial charge in [0.05, 0.1) is 5.56 Å². The van der Waals surface area contributed by atoms with Gasteiger partial charge in [-0.2, -0.15) is 5.26 Å². The van der Waals surface area contributed by atoms with Gasteiger partial charge in [-0.3, -0.25) is 0 Å². The molecule has 0 N–H and O–H groups in total. The van der Waals surface area contributed by atoms with Crippen molar-refractivity contribution in [3.63, 3.8) is 0 Å². The molecule has 2 heterocycles. The molecule has 0 unspecified atom stereocenters. The van der Waals surface area contributed by atoms with Crippen molar-refractivity contribution in [1.29, 1.82) is 5.26 Å². The van der Waals surface area contributed by atoms with Crippen LogP contribution in [-0.4, -0.2) is 11.5 Å². The van der Waals surface area contributed by atoms with Gasteiger partial charge in [0.25, 0.3) is 0 Å². The summed E-state index contributed by atoms with van der Waals surface area (Å²) in [4.78, 5) is 6.53. The molecule has 0 spiro atoms. The minimum absolute atomic E-state index is 0.675. The van der Waals surface area contributed by atoms with Crippen LogP contribution in [-0.2, 0) is 6.42 Å². The van der Waals surface area contributed by atoms with Crippen LogP contribution in [0.1, 0.15) is 16.7 Å². The van der Waals surface area contributed by atoms with Gasteiger partial charge in [0, 0.05) is 18.4 Å². The molecule has 0 radical (unpaired) electrons. The van der Waals surface area contributed by atoms with Crippen LogP contribution in [0.2, 0.25) is 0 Å². The van der Waals surface area contributed by atoms with Crippen LogP contribution < -0.4 is 4.90 Å². The second-order valence-corrected chi connectivity index (χ2v) is 4.47. The van der Waals surface area contributed by atoms with E-state index >= 15 is 0 Å². The first-order chi connectivity index (χ1) is 8.81. The number of benzene rings is 1. The Hall–Kier alpha value is -2.34. The number of rotatable bonds is 1. The summed E-state index contributed by atoms with van der Waals surface area (Å²) in [6, 6.07) is 12.5. The van der Waals surface area contributed by atoms with Crippen LogP contribution in [0.3, 0.4) is 0 Å². The zero-order chi connectivity index (χ0) is 12.5. The Bertz CT molecular complexity index is 640. The number of aromatic nitrogens is 1. The summed E-state index contributed by atoms with van der Waals surface area (Å²) in [5, 5.41) is 9.29. The smallest absolute Gasteiger partial charge is 0.151 e. The molecule has 0 saturated carbocycles. The van der Waals surface area contributed by atoms with Crippen molar-refractivity contribution in [2.45, 2.75) is 13.3 Å². The molecule has 1 aliphatic heterocycles. The maximum Gasteiger partial charge on any atom is 0.151 e. The van der Waals surface area contributed by atoms with E-state index in [-0.39, 0.29) is 0 Å². The molecule has 0 atom stereocenters. The Morgan fingerprint density at radius 3 is 2.94 bits per heavy atom. The number of para-hydroxylation sites is 1. The van der Waals surface area contributed by atoms with Crippen LogP contribution >= 0.6 is 0 Å². The molecule has 3 rings (SSSR count). The molecule has 1 aromatic heterocycles. The normalized spacial score (nSPS) is 13.2. The van der Waals surface area contributed by atoms with Gasteiger partial charge in [0.15, 0.2) is 5.82 Å². The number of hydrogen-bond donors (Lipinski definition) is 0. The van der Waals surface area contributed by atoms with E-state index in [0.717, 1.165) is 24.3 Å². The molecule has 0 fully saturated rings. The summed E-state index contributed by atoms with van der Waals surface area (Å²) in [6.07, 6.45) is 2.78. The molecule has 0 bridgehead atoms. The molecule has 1 aromatic carbocycles. The highest BCUT2D eigenvalue weighted by atomic mass is 15.2. The summed E-state index contributed by atoms with van der Waals surface area (Å²) in [6.45, 7) is 2.84. The maximum absolute atomic E-state index is 9.29. The van der Waals surface area contributed by atoms with Gasteiger partial charge in [0.1, 0.15) is 6.07 Å². The second kappa shape index (κ2) is 4.15. The van der Waals surface area contributed by atoms with E-state index in [2.05, 4.69) is 34.2 Å². The van der Waals surface area contributed by atoms with Gasteiger partial charge >= 0.3 is 0 Å². The maximum atomic E-state index is 9.29. The summed E-state index contributed by atoms with van der Waals surface area (Å²) in [5.74, 6) is 0.780. The van der Waals surface area contributed by atoms with Crippen molar-refractivity contribution in [2.24, 2.45) is 0 Å². The van der Waals surface area contributed by atoms with E-state index in [9.17, 15) is 5.26 Å². The van der Waals surface area contributed by atoms with Crippen molar-refractivity contribution in [2.75, 3.05) is 11.4 Å². The topological polar surface area (TPSA) is 39.9 Å². The number of nitrogens with zero attached hydrogens (tertiary/aromatic N) is 3. The first kappa shape index (κ1) is 10.8. The molecule has 3 nitrogen and oxygen atoms in total. The van der Waals surface area contributed by atoms with Crippen LogP contribution in [0.5, 0.6) is 0 Å². The lowest BCUT2D eigenvalue weighted by Crippen LogP contribution is -2.16. The average molecular weight is 235 g/mol. The molecule has 18 heavy (non-hydrogen) atoms. The van der Waals surface area contributed by atoms with Crippen LogP contribution in [0.15, 0.2) is 36.5 Å². The van der Waals surface area contributed by atoms with Gasteiger partial charge in [-0.15, -0.1) is 0 Å². The van der Waals surface area contributed by atoms with E-state index in [0.29, 0.717) is 5.56 Å². The Labute approximate surface area is 106 Å². The number of fused-ring (bicyclic) bond motifs is 1. The largest absolute Gasteiger partial charge is 0.325 e. The Morgan fingerprint density at radius 2 is 2.11 bits per heavy atom. The van der Waals surface area contributed by atoms with Gasteiger partial charge in [0.2, 0.25) is 0 Å². The quantitative estimate of drug-likeness (QED) is 0.763. The lowest BCUT2D eigenvalue weighted by molar-refractivity contribution is 0.968. The lowest BCUT2D eigenvalue weighted by Gasteiger charge is -2.20. The van der Waals surface area contributed by atoms with Gasteiger partial charge in [-0.05, 0) is 36.6 Å². The molecule has 2 aromatic rings. The van der Waals surface area contributed by atoms with Gasteiger partial charge in [-0.1, -0.05) is 18.2 Å². The van der Waals surface area contributed by atoms with E-state index in [1.807, 2.05) is 19.1 Å². The summed E-state index contributed by atoms with van der Waals surface area (Å²) < 4.78 is 0. The van der Waals surface area contributed by atoms with Crippen LogP contribution in [0, 0.1) is 18.3 Å². The van der Waals surface area contributed by atoms with Crippen molar-refractivity contribution >= 4 is 11.5 Å². The molecule has 0 saturated heterocycles. The van der Waals surface area contributed by atoms with Gasteiger partial charge < -0.3 is 4.90 Å². The number of hydrogen-bond acceptors (Lipinski definition) is 3. The Kier molecular flexibility index (Phi) is 2.49. The highest BCUT2D eigenvalue weighted by Crippen LogP contribution is 2.35. The summed E-state index contributed by atoms with van der Waals surface area (Å²) >= 11 is 0. The molecule has 3 heteroatoms. The molecule has 0 aliphatic carbocycles. The standard InChI is InChI=1S/C15H13N3/c1-11-6-8-17-15(13(11)10-16)18-9-7-12-4-2-3-5-14(12)18/h2-6,8H,7,9H2,1H3. The first-order valence-electron chi connectivity index (χ1n) is 6.02. The van der Waals surface area contributed by atoms with Gasteiger partial charge in [-0.25, -0.2) is 4.98 Å². The fourth-order valence-electron chi connectivity index (χ4n) is 2.44. The monoisotopic (exact) mass is 235 g/mol. The molecular weight excluding hydrogens is 222 g/mol. The number of aryl methyl sites for hydroxylation is 1. The van der Waals surface area contributed by atoms with Crippen molar-refractivity contribution < 1.29 is 0 Å². The SMILES string of the molecule is Cc1ccnc(N2CCc3ccccc32)c1C#N. The Balaban J connectivity index is 2.14. The minimum atomic E-state index is 0.675. The van der Waals surface area contributed by atoms with Crippen molar-refractivity contribution in [3.8, 4) is 6.07 Å². The number of nitriles is 1. The lowest BCUT2D eigenvalue weighted by atomic mass is 10.1. The second-order valence-electron chi connectivity index (χ2n) is 4.47. The highest BCUT2D eigenvalue weighted by molar-refractivity contribution is 5.72. The molecule has 0 amide bonds. The minimum Gasteiger partial charge on any atom is -0.325 e. The highest BCUT2D eigenvalue weighted by Gasteiger charge is 2.23. The van der Waals surface area contributed by atoms with E-state index < -0.39 is 0 Å². The van der Waals surface area contributed by atoms with E-state index in [1.54, 1.807) is 6.20 Å². The fraction of sp³-hybridized carbons (Fsp3) is 0.200. The number of pyridine rings is 1. The van der Waals surface area contributed by atoms with Crippen LogP contribution in [0.4, 0.5) is 11.5 Å². The molecule has 1 aliphatic rings. The van der Waals surface area contributed by atoms with Crippen molar-refractivity contribution in [3.05, 3.63) is 53.2 Å². The third-order valence-electron chi connectivity index (χ3n) is 3.39. The third-order valence-corrected chi connectivity index (χ3v) is 3.39. The molecular formula is C15H13N3. The fourth-order valence-corrected chi connectivity index (χ4v) is 2.44. The zero-order valence-corrected chi connectivity index (χ0v) is 10.2. The molecule has 88 valence electrons. The average Bonchev–Trinajstić information content (AvgIpc) is 2.82. The van der Waals surface area contributed by atoms with E-state index in [4.69, 9.17) is 0 Å². The zero-order valence-electron chi connectivity index (χ0n) is 10.2. The Morgan fingerprint density at radius 1 is 1.28 bits per heavy atom. The summed E-state index contributed by atoms with van der Waals surface area (Å²) in [5.41, 5.74) is 4.15. The number of anilines is 2. The van der Waals surface area contributed by atoms with Crippen molar-refractivity contribution in [1.82, 2.24) is 4.98 Å².